The Balaban J connectivity index is 0. The van der Waals surface area contributed by atoms with Crippen molar-refractivity contribution < 1.29 is 14.7 Å². The summed E-state index contributed by atoms with van der Waals surface area (Å²) in [7, 11) is 3.96. The average molecular weight is 149 g/mol. The minimum Gasteiger partial charge on any atom is -0.391 e. The predicted molar refractivity (Wildman–Crippen MR) is 42.4 cm³/mol. The smallest absolute Gasteiger partial charge is 0.102 e. The molecule has 0 heterocycles. The summed E-state index contributed by atoms with van der Waals surface area (Å²) < 4.78 is 0.688. The lowest BCUT2D eigenvalue weighted by molar-refractivity contribution is -0.890. The van der Waals surface area contributed by atoms with Crippen LogP contribution in [0.5, 0.6) is 0 Å². The minimum atomic E-state index is 0. The Kier molecular flexibility index (Phi) is 7.09. The first-order valence-electron chi connectivity index (χ1n) is 3.16. The van der Waals surface area contributed by atoms with E-state index in [0.717, 1.165) is 0 Å². The molecule has 3 heteroatoms. The van der Waals surface area contributed by atoms with E-state index in [1.807, 2.05) is 14.1 Å². The SMILES string of the molecule is C[N+](C)(CCO)CCO.[CH3-]. The molecule has 0 saturated heterocycles. The zero-order chi connectivity index (χ0) is 7.33. The molecule has 0 aromatic rings. The molecule has 10 heavy (non-hydrogen) atoms. The minimum absolute atomic E-state index is 0. The molecule has 0 aromatic carbocycles. The van der Waals surface area contributed by atoms with Gasteiger partial charge < -0.3 is 22.1 Å². The van der Waals surface area contributed by atoms with Gasteiger partial charge in [0.2, 0.25) is 0 Å². The summed E-state index contributed by atoms with van der Waals surface area (Å²) in [6, 6.07) is 0. The first-order valence-corrected chi connectivity index (χ1v) is 3.16. The van der Waals surface area contributed by atoms with E-state index < -0.39 is 0 Å². The number of likely N-dealkylation sites (N-methyl/N-ethyl adjacent to an activating group) is 1. The quantitative estimate of drug-likeness (QED) is 0.418. The molecule has 0 spiro atoms. The van der Waals surface area contributed by atoms with Gasteiger partial charge in [-0.25, -0.2) is 0 Å². The molecule has 3 nitrogen and oxygen atoms in total. The van der Waals surface area contributed by atoms with Crippen molar-refractivity contribution in [3.63, 3.8) is 0 Å². The maximum atomic E-state index is 8.53. The maximum absolute atomic E-state index is 8.53. The second-order valence-corrected chi connectivity index (χ2v) is 2.83. The molecule has 0 fully saturated rings. The Morgan fingerprint density at radius 3 is 1.50 bits per heavy atom. The van der Waals surface area contributed by atoms with Crippen LogP contribution in [0, 0.1) is 7.43 Å². The second kappa shape index (κ2) is 5.65. The van der Waals surface area contributed by atoms with Crippen molar-refractivity contribution in [2.75, 3.05) is 40.4 Å². The molecule has 0 rings (SSSR count). The normalized spacial score (nSPS) is 10.8. The highest BCUT2D eigenvalue weighted by atomic mass is 16.3. The fourth-order valence-electron chi connectivity index (χ4n) is 0.653. The number of rotatable bonds is 4. The lowest BCUT2D eigenvalue weighted by Gasteiger charge is -2.27. The molecule has 0 aliphatic carbocycles. The van der Waals surface area contributed by atoms with E-state index in [1.54, 1.807) is 0 Å². The standard InChI is InChI=1S/C6H16NO2.CH3/c1-7(2,3-5-8)4-6-9;/h8-9H,3-6H2,1-2H3;1H3/q+1;-1. The monoisotopic (exact) mass is 149 g/mol. The van der Waals surface area contributed by atoms with Crippen LogP contribution in [0.1, 0.15) is 0 Å². The van der Waals surface area contributed by atoms with Gasteiger partial charge in [-0.2, -0.15) is 0 Å². The van der Waals surface area contributed by atoms with Gasteiger partial charge in [0.1, 0.15) is 13.1 Å². The topological polar surface area (TPSA) is 40.5 Å². The van der Waals surface area contributed by atoms with Gasteiger partial charge in [0.25, 0.3) is 0 Å². The van der Waals surface area contributed by atoms with E-state index in [0.29, 0.717) is 17.6 Å². The largest absolute Gasteiger partial charge is 0.391 e. The van der Waals surface area contributed by atoms with Crippen LogP contribution in [0.2, 0.25) is 0 Å². The fourth-order valence-corrected chi connectivity index (χ4v) is 0.653. The van der Waals surface area contributed by atoms with Gasteiger partial charge in [0.05, 0.1) is 27.3 Å². The Morgan fingerprint density at radius 1 is 1.00 bits per heavy atom. The summed E-state index contributed by atoms with van der Waals surface area (Å²) in [6.45, 7) is 1.79. The molecule has 0 unspecified atom stereocenters. The Labute approximate surface area is 63.5 Å². The van der Waals surface area contributed by atoms with Crippen molar-refractivity contribution in [1.29, 1.82) is 0 Å². The summed E-state index contributed by atoms with van der Waals surface area (Å²) >= 11 is 0. The molecule has 64 valence electrons. The van der Waals surface area contributed by atoms with Crippen LogP contribution >= 0.6 is 0 Å². The third-order valence-corrected chi connectivity index (χ3v) is 1.41. The van der Waals surface area contributed by atoms with Gasteiger partial charge >= 0.3 is 0 Å². The van der Waals surface area contributed by atoms with Gasteiger partial charge in [-0.15, -0.1) is 0 Å². The van der Waals surface area contributed by atoms with Crippen molar-refractivity contribution in [2.45, 2.75) is 0 Å². The second-order valence-electron chi connectivity index (χ2n) is 2.83. The first kappa shape index (κ1) is 12.5. The third kappa shape index (κ3) is 6.01. The molecule has 0 radical (unpaired) electrons. The van der Waals surface area contributed by atoms with Crippen LogP contribution in [0.4, 0.5) is 0 Å². The van der Waals surface area contributed by atoms with Crippen LogP contribution in [0.3, 0.4) is 0 Å². The summed E-state index contributed by atoms with van der Waals surface area (Å²) in [4.78, 5) is 0. The number of hydrogen-bond donors (Lipinski definition) is 2. The van der Waals surface area contributed by atoms with Gasteiger partial charge in [-0.3, -0.25) is 0 Å². The van der Waals surface area contributed by atoms with Crippen molar-refractivity contribution >= 4 is 0 Å². The van der Waals surface area contributed by atoms with Crippen LogP contribution in [-0.4, -0.2) is 55.1 Å². The summed E-state index contributed by atoms with van der Waals surface area (Å²) in [6.07, 6.45) is 0. The number of aliphatic hydroxyl groups is 2. The third-order valence-electron chi connectivity index (χ3n) is 1.41. The molecular formula is C7H19NO2. The highest BCUT2D eigenvalue weighted by molar-refractivity contribution is 4.29. The molecule has 0 atom stereocenters. The van der Waals surface area contributed by atoms with Crippen LogP contribution in [0.25, 0.3) is 0 Å². The zero-order valence-electron chi connectivity index (χ0n) is 7.17. The molecule has 0 aromatic heterocycles. The highest BCUT2D eigenvalue weighted by Crippen LogP contribution is 1.92. The van der Waals surface area contributed by atoms with Crippen molar-refractivity contribution in [3.05, 3.63) is 7.43 Å². The van der Waals surface area contributed by atoms with Gasteiger partial charge in [-0.1, -0.05) is 0 Å². The highest BCUT2D eigenvalue weighted by Gasteiger charge is 2.11. The lowest BCUT2D eigenvalue weighted by Crippen LogP contribution is -2.43. The van der Waals surface area contributed by atoms with Crippen molar-refractivity contribution in [1.82, 2.24) is 0 Å². The summed E-state index contributed by atoms with van der Waals surface area (Å²) in [5, 5.41) is 17.1. The molecule has 0 amide bonds. The number of nitrogens with zero attached hydrogens (tertiary/aromatic N) is 1. The Bertz CT molecular complexity index is 66.0. The van der Waals surface area contributed by atoms with Gasteiger partial charge in [-0.05, 0) is 0 Å². The predicted octanol–water partition coefficient (Wildman–Crippen LogP) is -0.502. The van der Waals surface area contributed by atoms with Crippen LogP contribution in [-0.2, 0) is 0 Å². The summed E-state index contributed by atoms with van der Waals surface area (Å²) in [5.41, 5.74) is 0. The van der Waals surface area contributed by atoms with Crippen molar-refractivity contribution in [2.24, 2.45) is 0 Å². The Morgan fingerprint density at radius 2 is 1.30 bits per heavy atom. The first-order chi connectivity index (χ1) is 4.12. The number of hydrogen-bond acceptors (Lipinski definition) is 2. The van der Waals surface area contributed by atoms with E-state index in [1.165, 1.54) is 0 Å². The van der Waals surface area contributed by atoms with Crippen molar-refractivity contribution in [3.8, 4) is 0 Å². The zero-order valence-corrected chi connectivity index (χ0v) is 7.17. The van der Waals surface area contributed by atoms with E-state index in [4.69, 9.17) is 10.2 Å². The maximum Gasteiger partial charge on any atom is 0.102 e. The lowest BCUT2D eigenvalue weighted by atomic mass is 10.4. The molecule has 0 aliphatic heterocycles. The van der Waals surface area contributed by atoms with E-state index in [-0.39, 0.29) is 20.6 Å². The summed E-state index contributed by atoms with van der Waals surface area (Å²) in [5.74, 6) is 0. The average Bonchev–Trinajstić information content (AvgIpc) is 1.64. The van der Waals surface area contributed by atoms with Crippen LogP contribution in [0.15, 0.2) is 0 Å². The van der Waals surface area contributed by atoms with Gasteiger partial charge in [0, 0.05) is 0 Å². The van der Waals surface area contributed by atoms with E-state index >= 15 is 0 Å². The van der Waals surface area contributed by atoms with Crippen LogP contribution < -0.4 is 0 Å². The molecule has 0 bridgehead atoms. The number of quaternary nitrogens is 1. The van der Waals surface area contributed by atoms with E-state index in [2.05, 4.69) is 0 Å². The number of aliphatic hydroxyl groups excluding tert-OH is 2. The molecule has 0 saturated carbocycles. The Hall–Kier alpha value is -0.120. The molecule has 0 aliphatic rings. The van der Waals surface area contributed by atoms with Gasteiger partial charge in [0.15, 0.2) is 0 Å². The van der Waals surface area contributed by atoms with E-state index in [9.17, 15) is 0 Å². The fraction of sp³-hybridized carbons (Fsp3) is 0.857. The molecular weight excluding hydrogens is 130 g/mol. The molecule has 2 N–H and O–H groups in total.